The van der Waals surface area contributed by atoms with Crippen molar-refractivity contribution in [2.24, 2.45) is 5.92 Å². The second kappa shape index (κ2) is 7.52. The van der Waals surface area contributed by atoms with Crippen LogP contribution in [0.1, 0.15) is 49.4 Å². The summed E-state index contributed by atoms with van der Waals surface area (Å²) >= 11 is 0. The average molecular weight is 356 g/mol. The first kappa shape index (κ1) is 17.9. The van der Waals surface area contributed by atoms with Crippen molar-refractivity contribution in [3.8, 4) is 0 Å². The quantitative estimate of drug-likeness (QED) is 0.773. The Kier molecular flexibility index (Phi) is 5.38. The van der Waals surface area contributed by atoms with Crippen molar-refractivity contribution in [1.29, 1.82) is 0 Å². The summed E-state index contributed by atoms with van der Waals surface area (Å²) in [5, 5.41) is 0. The summed E-state index contributed by atoms with van der Waals surface area (Å²) in [5.74, 6) is 0.702. The van der Waals surface area contributed by atoms with Crippen molar-refractivity contribution in [3.05, 3.63) is 65.5 Å². The van der Waals surface area contributed by atoms with E-state index in [9.17, 15) is 8.42 Å². The predicted molar refractivity (Wildman–Crippen MR) is 102 cm³/mol. The Hall–Kier alpha value is -1.94. The number of aryl methyl sites for hydroxylation is 1. The van der Waals surface area contributed by atoms with Crippen molar-refractivity contribution in [3.63, 3.8) is 0 Å². The van der Waals surface area contributed by atoms with E-state index in [2.05, 4.69) is 17.1 Å². The fourth-order valence-electron chi connectivity index (χ4n) is 3.32. The van der Waals surface area contributed by atoms with Gasteiger partial charge in [0.15, 0.2) is 9.84 Å². The topological polar surface area (TPSA) is 47.0 Å². The molecule has 0 saturated heterocycles. The second-order valence-corrected chi connectivity index (χ2v) is 9.05. The number of sulfone groups is 1. The summed E-state index contributed by atoms with van der Waals surface area (Å²) < 4.78 is 24.1. The predicted octanol–water partition coefficient (Wildman–Crippen LogP) is 4.81. The van der Waals surface area contributed by atoms with Gasteiger partial charge >= 0.3 is 0 Å². The zero-order valence-corrected chi connectivity index (χ0v) is 15.7. The lowest BCUT2D eigenvalue weighted by Gasteiger charge is -2.12. The fraction of sp³-hybridized carbons (Fsp3) is 0.381. The molecule has 0 amide bonds. The molecule has 25 heavy (non-hydrogen) atoms. The average Bonchev–Trinajstić information content (AvgIpc) is 3.14. The lowest BCUT2D eigenvalue weighted by molar-refractivity contribution is 0.597. The number of aromatic nitrogens is 1. The highest BCUT2D eigenvalue weighted by Crippen LogP contribution is 2.32. The molecule has 1 fully saturated rings. The molecule has 0 N–H and O–H groups in total. The molecule has 4 heteroatoms. The lowest BCUT2D eigenvalue weighted by Crippen LogP contribution is -2.04. The molecule has 0 spiro atoms. The maximum atomic E-state index is 12.0. The summed E-state index contributed by atoms with van der Waals surface area (Å²) in [6, 6.07) is 11.4. The number of allylic oxidation sites excluding steroid dienone is 1. The van der Waals surface area contributed by atoms with Crippen molar-refractivity contribution in [2.75, 3.05) is 5.75 Å². The number of benzene rings is 1. The van der Waals surface area contributed by atoms with Gasteiger partial charge in [-0.05, 0) is 55.0 Å². The standard InChI is InChI=1S/C21H25NO2S/c1-3-25(23,24)19-11-9-18(10-12-19)20(14-17-6-4-5-7-17)21-13-8-16(2)15-22-21/h8-15,17H,3-7H2,1-2H3/b20-14+. The van der Waals surface area contributed by atoms with Gasteiger partial charge in [0.1, 0.15) is 0 Å². The lowest BCUT2D eigenvalue weighted by atomic mass is 9.96. The van der Waals surface area contributed by atoms with Gasteiger partial charge in [0.2, 0.25) is 0 Å². The Morgan fingerprint density at radius 3 is 2.36 bits per heavy atom. The molecule has 0 unspecified atom stereocenters. The van der Waals surface area contributed by atoms with Gasteiger partial charge in [-0.15, -0.1) is 0 Å². The van der Waals surface area contributed by atoms with Crippen LogP contribution in [0, 0.1) is 12.8 Å². The van der Waals surface area contributed by atoms with Gasteiger partial charge < -0.3 is 0 Å². The smallest absolute Gasteiger partial charge is 0.178 e. The van der Waals surface area contributed by atoms with Gasteiger partial charge in [-0.3, -0.25) is 4.98 Å². The Balaban J connectivity index is 2.01. The molecule has 3 nitrogen and oxygen atoms in total. The number of rotatable bonds is 5. The first-order valence-corrected chi connectivity index (χ1v) is 10.6. The molecule has 3 rings (SSSR count). The van der Waals surface area contributed by atoms with E-state index < -0.39 is 9.84 Å². The Labute approximate surface area is 150 Å². The number of nitrogens with zero attached hydrogens (tertiary/aromatic N) is 1. The van der Waals surface area contributed by atoms with E-state index in [1.807, 2.05) is 31.3 Å². The molecular weight excluding hydrogens is 330 g/mol. The molecule has 1 aliphatic rings. The number of hydrogen-bond donors (Lipinski definition) is 0. The first-order chi connectivity index (χ1) is 12.0. The monoisotopic (exact) mass is 355 g/mol. The third-order valence-corrected chi connectivity index (χ3v) is 6.64. The van der Waals surface area contributed by atoms with Crippen molar-refractivity contribution in [2.45, 2.75) is 44.4 Å². The molecule has 132 valence electrons. The van der Waals surface area contributed by atoms with Crippen LogP contribution in [0.5, 0.6) is 0 Å². The maximum absolute atomic E-state index is 12.0. The minimum atomic E-state index is -3.17. The third kappa shape index (κ3) is 4.18. The molecule has 1 aromatic heterocycles. The van der Waals surface area contributed by atoms with Crippen LogP contribution in [0.15, 0.2) is 53.6 Å². The highest BCUT2D eigenvalue weighted by molar-refractivity contribution is 7.91. The van der Waals surface area contributed by atoms with E-state index in [1.165, 1.54) is 25.7 Å². The first-order valence-electron chi connectivity index (χ1n) is 8.97. The minimum Gasteiger partial charge on any atom is -0.256 e. The number of pyridine rings is 1. The van der Waals surface area contributed by atoms with Gasteiger partial charge in [-0.1, -0.05) is 44.0 Å². The Morgan fingerprint density at radius 1 is 1.12 bits per heavy atom. The largest absolute Gasteiger partial charge is 0.256 e. The van der Waals surface area contributed by atoms with Crippen LogP contribution >= 0.6 is 0 Å². The summed E-state index contributed by atoms with van der Waals surface area (Å²) in [5.41, 5.74) is 4.21. The van der Waals surface area contributed by atoms with Gasteiger partial charge in [-0.25, -0.2) is 8.42 Å². The third-order valence-electron chi connectivity index (χ3n) is 4.89. The molecule has 1 saturated carbocycles. The SMILES string of the molecule is CCS(=O)(=O)c1ccc(/C(=C\C2CCCC2)c2ccc(C)cn2)cc1. The van der Waals surface area contributed by atoms with Crippen molar-refractivity contribution in [1.82, 2.24) is 4.98 Å². The van der Waals surface area contributed by atoms with Gasteiger partial charge in [0, 0.05) is 11.8 Å². The van der Waals surface area contributed by atoms with Crippen LogP contribution < -0.4 is 0 Å². The van der Waals surface area contributed by atoms with Crippen LogP contribution in [0.4, 0.5) is 0 Å². The second-order valence-electron chi connectivity index (χ2n) is 6.77. The zero-order chi connectivity index (χ0) is 17.9. The fourth-order valence-corrected chi connectivity index (χ4v) is 4.21. The maximum Gasteiger partial charge on any atom is 0.178 e. The van der Waals surface area contributed by atoms with E-state index in [0.29, 0.717) is 10.8 Å². The van der Waals surface area contributed by atoms with E-state index in [4.69, 9.17) is 0 Å². The molecule has 1 aliphatic carbocycles. The molecular formula is C21H25NO2S. The summed E-state index contributed by atoms with van der Waals surface area (Å²) in [6.07, 6.45) is 9.21. The molecule has 0 atom stereocenters. The normalized spacial score (nSPS) is 16.3. The summed E-state index contributed by atoms with van der Waals surface area (Å²) in [7, 11) is -3.17. The Morgan fingerprint density at radius 2 is 1.80 bits per heavy atom. The van der Waals surface area contributed by atoms with Crippen LogP contribution in [0.25, 0.3) is 5.57 Å². The van der Waals surface area contributed by atoms with Crippen LogP contribution in [-0.2, 0) is 9.84 Å². The highest BCUT2D eigenvalue weighted by atomic mass is 32.2. The molecule has 2 aromatic rings. The van der Waals surface area contributed by atoms with Gasteiger partial charge in [0.25, 0.3) is 0 Å². The molecule has 0 radical (unpaired) electrons. The molecule has 1 aromatic carbocycles. The molecule has 0 bridgehead atoms. The molecule has 0 aliphatic heterocycles. The van der Waals surface area contributed by atoms with Crippen LogP contribution in [0.3, 0.4) is 0 Å². The summed E-state index contributed by atoms with van der Waals surface area (Å²) in [4.78, 5) is 4.98. The van der Waals surface area contributed by atoms with Crippen molar-refractivity contribution < 1.29 is 8.42 Å². The Bertz CT molecular complexity index is 844. The van der Waals surface area contributed by atoms with Gasteiger partial charge in [0.05, 0.1) is 16.3 Å². The zero-order valence-electron chi connectivity index (χ0n) is 14.9. The van der Waals surface area contributed by atoms with E-state index in [0.717, 1.165) is 22.4 Å². The van der Waals surface area contributed by atoms with E-state index in [1.54, 1.807) is 19.1 Å². The van der Waals surface area contributed by atoms with E-state index in [-0.39, 0.29) is 5.75 Å². The van der Waals surface area contributed by atoms with Crippen LogP contribution in [-0.4, -0.2) is 19.2 Å². The summed E-state index contributed by atoms with van der Waals surface area (Å²) in [6.45, 7) is 3.70. The van der Waals surface area contributed by atoms with Gasteiger partial charge in [-0.2, -0.15) is 0 Å². The minimum absolute atomic E-state index is 0.122. The van der Waals surface area contributed by atoms with Crippen LogP contribution in [0.2, 0.25) is 0 Å². The van der Waals surface area contributed by atoms with E-state index >= 15 is 0 Å². The number of hydrogen-bond acceptors (Lipinski definition) is 3. The molecule has 1 heterocycles. The van der Waals surface area contributed by atoms with Crippen molar-refractivity contribution >= 4 is 15.4 Å². The highest BCUT2D eigenvalue weighted by Gasteiger charge is 2.17.